The van der Waals surface area contributed by atoms with E-state index in [1.807, 2.05) is 0 Å². The zero-order valence-electron chi connectivity index (χ0n) is 22.4. The van der Waals surface area contributed by atoms with E-state index in [4.69, 9.17) is 0 Å². The zero-order chi connectivity index (χ0) is 23.7. The Bertz CT molecular complexity index is 505. The van der Waals surface area contributed by atoms with Crippen molar-refractivity contribution < 1.29 is 0 Å². The van der Waals surface area contributed by atoms with Crippen LogP contribution in [0.5, 0.6) is 0 Å². The van der Waals surface area contributed by atoms with E-state index in [0.717, 1.165) is 19.4 Å². The smallest absolute Gasteiger partial charge is 0.0224 e. The summed E-state index contributed by atoms with van der Waals surface area (Å²) in [7, 11) is 0. The number of rotatable bonds is 20. The van der Waals surface area contributed by atoms with E-state index in [-0.39, 0.29) is 0 Å². The van der Waals surface area contributed by atoms with Crippen molar-refractivity contribution in [3.05, 3.63) is 36.7 Å². The van der Waals surface area contributed by atoms with Crippen LogP contribution in [0.25, 0.3) is 0 Å². The highest BCUT2D eigenvalue weighted by atomic mass is 15.2. The molecule has 1 heteroatoms. The van der Waals surface area contributed by atoms with Crippen molar-refractivity contribution in [1.82, 2.24) is 4.90 Å². The van der Waals surface area contributed by atoms with Gasteiger partial charge in [-0.3, -0.25) is 0 Å². The van der Waals surface area contributed by atoms with E-state index in [1.54, 1.807) is 0 Å². The molecule has 186 valence electrons. The first-order chi connectivity index (χ1) is 15.3. The normalized spacial score (nSPS) is 14.5. The van der Waals surface area contributed by atoms with Crippen molar-refractivity contribution in [3.63, 3.8) is 0 Å². The third-order valence-corrected chi connectivity index (χ3v) is 6.91. The Morgan fingerprint density at radius 1 is 0.625 bits per heavy atom. The molecule has 1 aliphatic heterocycles. The summed E-state index contributed by atoms with van der Waals surface area (Å²) in [4.78, 5) is 2.35. The molecule has 1 nitrogen and oxygen atoms in total. The summed E-state index contributed by atoms with van der Waals surface area (Å²) in [5.41, 5.74) is 4.41. The second-order valence-corrected chi connectivity index (χ2v) is 11.7. The van der Waals surface area contributed by atoms with Crippen LogP contribution in [-0.2, 0) is 0 Å². The van der Waals surface area contributed by atoms with Crippen molar-refractivity contribution in [1.29, 1.82) is 0 Å². The predicted octanol–water partition coefficient (Wildman–Crippen LogP) is 10.7. The molecule has 0 radical (unpaired) electrons. The number of allylic oxidation sites excluding steroid dienone is 3. The molecule has 0 amide bonds. The maximum atomic E-state index is 4.26. The summed E-state index contributed by atoms with van der Waals surface area (Å²) in [5.74, 6) is 0. The summed E-state index contributed by atoms with van der Waals surface area (Å²) < 4.78 is 0. The fourth-order valence-electron chi connectivity index (χ4n) is 5.06. The van der Waals surface area contributed by atoms with Gasteiger partial charge in [-0.25, -0.2) is 0 Å². The lowest BCUT2D eigenvalue weighted by atomic mass is 9.87. The number of hydrogen-bond donors (Lipinski definition) is 0. The van der Waals surface area contributed by atoms with Crippen molar-refractivity contribution in [3.8, 4) is 0 Å². The Hall–Kier alpha value is -0.980. The van der Waals surface area contributed by atoms with Crippen molar-refractivity contribution >= 4 is 0 Å². The summed E-state index contributed by atoms with van der Waals surface area (Å²) in [6.45, 7) is 20.7. The number of hydrogen-bond acceptors (Lipinski definition) is 1. The molecular weight excluding hydrogens is 386 g/mol. The standard InChI is InChI=1S/C31H57N/c1-28(27-31(4,5)6)23-21-19-17-15-13-11-9-7-8-10-12-14-16-18-20-22-26-32-29(2)24-25-30(32)3/h1-3,7-27H2,4-6H3. The molecule has 0 aromatic rings. The first kappa shape index (κ1) is 29.1. The molecule has 0 unspecified atom stereocenters. The van der Waals surface area contributed by atoms with E-state index in [2.05, 4.69) is 45.4 Å². The minimum Gasteiger partial charge on any atom is -0.350 e. The van der Waals surface area contributed by atoms with Crippen LogP contribution in [0.1, 0.15) is 149 Å². The van der Waals surface area contributed by atoms with Gasteiger partial charge in [0.15, 0.2) is 0 Å². The van der Waals surface area contributed by atoms with Crippen LogP contribution in [0, 0.1) is 5.41 Å². The first-order valence-electron chi connectivity index (χ1n) is 14.1. The molecule has 0 saturated carbocycles. The Morgan fingerprint density at radius 3 is 1.34 bits per heavy atom. The summed E-state index contributed by atoms with van der Waals surface area (Å²) in [6.07, 6.45) is 27.3. The molecule has 0 aromatic heterocycles. The van der Waals surface area contributed by atoms with Crippen molar-refractivity contribution in [2.24, 2.45) is 5.41 Å². The molecule has 32 heavy (non-hydrogen) atoms. The fourth-order valence-corrected chi connectivity index (χ4v) is 5.06. The van der Waals surface area contributed by atoms with Crippen LogP contribution >= 0.6 is 0 Å². The highest BCUT2D eigenvalue weighted by Crippen LogP contribution is 2.28. The van der Waals surface area contributed by atoms with Crippen LogP contribution in [-0.4, -0.2) is 11.4 Å². The minimum absolute atomic E-state index is 0.400. The quantitative estimate of drug-likeness (QED) is 0.133. The van der Waals surface area contributed by atoms with Gasteiger partial charge < -0.3 is 4.90 Å². The largest absolute Gasteiger partial charge is 0.350 e. The van der Waals surface area contributed by atoms with E-state index < -0.39 is 0 Å². The van der Waals surface area contributed by atoms with E-state index in [9.17, 15) is 0 Å². The third kappa shape index (κ3) is 15.8. The maximum Gasteiger partial charge on any atom is 0.0224 e. The van der Waals surface area contributed by atoms with Gasteiger partial charge in [0.25, 0.3) is 0 Å². The van der Waals surface area contributed by atoms with Gasteiger partial charge in [-0.05, 0) is 43.9 Å². The van der Waals surface area contributed by atoms with Crippen LogP contribution in [0.15, 0.2) is 36.7 Å². The highest BCUT2D eigenvalue weighted by molar-refractivity contribution is 5.15. The first-order valence-corrected chi connectivity index (χ1v) is 14.1. The molecule has 1 heterocycles. The van der Waals surface area contributed by atoms with Gasteiger partial charge in [0.2, 0.25) is 0 Å². The SMILES string of the molecule is C=C(CCCCCCCCCCCCCCCCCCN1C(=C)CCC1=C)CC(C)(C)C. The van der Waals surface area contributed by atoms with Gasteiger partial charge in [0.05, 0.1) is 0 Å². The molecule has 0 N–H and O–H groups in total. The van der Waals surface area contributed by atoms with E-state index >= 15 is 0 Å². The molecule has 1 saturated heterocycles. The molecular formula is C31H57N. The van der Waals surface area contributed by atoms with Gasteiger partial charge in [-0.15, -0.1) is 0 Å². The highest BCUT2D eigenvalue weighted by Gasteiger charge is 2.17. The summed E-state index contributed by atoms with van der Waals surface area (Å²) >= 11 is 0. The third-order valence-electron chi connectivity index (χ3n) is 6.91. The molecule has 0 bridgehead atoms. The maximum absolute atomic E-state index is 4.26. The monoisotopic (exact) mass is 443 g/mol. The molecule has 0 aliphatic carbocycles. The lowest BCUT2D eigenvalue weighted by molar-refractivity contribution is 0.402. The van der Waals surface area contributed by atoms with Crippen LogP contribution in [0.3, 0.4) is 0 Å². The van der Waals surface area contributed by atoms with Crippen molar-refractivity contribution in [2.75, 3.05) is 6.54 Å². The molecule has 1 rings (SSSR count). The number of unbranched alkanes of at least 4 members (excludes halogenated alkanes) is 15. The van der Waals surface area contributed by atoms with Gasteiger partial charge in [-0.2, -0.15) is 0 Å². The fraction of sp³-hybridized carbons (Fsp3) is 0.806. The van der Waals surface area contributed by atoms with Crippen LogP contribution < -0.4 is 0 Å². The van der Waals surface area contributed by atoms with Crippen molar-refractivity contribution in [2.45, 2.75) is 149 Å². The van der Waals surface area contributed by atoms with Gasteiger partial charge in [0, 0.05) is 17.9 Å². The Balaban J connectivity index is 1.74. The number of likely N-dealkylation sites (tertiary alicyclic amines) is 1. The average Bonchev–Trinajstić information content (AvgIpc) is 3.03. The molecule has 1 aliphatic rings. The minimum atomic E-state index is 0.400. The molecule has 0 atom stereocenters. The second kappa shape index (κ2) is 17.5. The van der Waals surface area contributed by atoms with E-state index in [1.165, 1.54) is 133 Å². The lowest BCUT2D eigenvalue weighted by Gasteiger charge is -2.20. The molecule has 1 fully saturated rings. The zero-order valence-corrected chi connectivity index (χ0v) is 22.4. The summed E-state index contributed by atoms with van der Waals surface area (Å²) in [5, 5.41) is 0. The predicted molar refractivity (Wildman–Crippen MR) is 146 cm³/mol. The summed E-state index contributed by atoms with van der Waals surface area (Å²) in [6, 6.07) is 0. The van der Waals surface area contributed by atoms with Gasteiger partial charge in [-0.1, -0.05) is 136 Å². The van der Waals surface area contributed by atoms with Gasteiger partial charge >= 0.3 is 0 Å². The Labute approximate surface area is 202 Å². The second-order valence-electron chi connectivity index (χ2n) is 11.7. The molecule has 0 spiro atoms. The topological polar surface area (TPSA) is 3.24 Å². The van der Waals surface area contributed by atoms with Crippen LogP contribution in [0.4, 0.5) is 0 Å². The Morgan fingerprint density at radius 2 is 0.969 bits per heavy atom. The Kier molecular flexibility index (Phi) is 15.9. The van der Waals surface area contributed by atoms with Crippen LogP contribution in [0.2, 0.25) is 0 Å². The molecule has 0 aromatic carbocycles. The van der Waals surface area contributed by atoms with Gasteiger partial charge in [0.1, 0.15) is 0 Å². The van der Waals surface area contributed by atoms with E-state index in [0.29, 0.717) is 5.41 Å². The lowest BCUT2D eigenvalue weighted by Crippen LogP contribution is -2.16. The average molecular weight is 444 g/mol. The number of nitrogens with zero attached hydrogens (tertiary/aromatic N) is 1.